The SMILES string of the molecule is CC(C)CC[B]CCCCNC(C)C. The number of rotatable bonds is 9. The van der Waals surface area contributed by atoms with Gasteiger partial charge in [-0.3, -0.25) is 0 Å². The zero-order valence-corrected chi connectivity index (χ0v) is 10.5. The summed E-state index contributed by atoms with van der Waals surface area (Å²) in [6.07, 6.45) is 6.61. The van der Waals surface area contributed by atoms with Gasteiger partial charge in [0.2, 0.25) is 0 Å². The van der Waals surface area contributed by atoms with Crippen LogP contribution in [0.5, 0.6) is 0 Å². The molecule has 0 spiro atoms. The molecule has 0 aliphatic rings. The largest absolute Gasteiger partial charge is 0.315 e. The normalized spacial score (nSPS) is 11.3. The molecule has 1 nitrogen and oxygen atoms in total. The highest BCUT2D eigenvalue weighted by molar-refractivity contribution is 6.35. The fourth-order valence-corrected chi connectivity index (χ4v) is 1.40. The van der Waals surface area contributed by atoms with E-state index in [9.17, 15) is 0 Å². The molecule has 0 heterocycles. The topological polar surface area (TPSA) is 12.0 Å². The summed E-state index contributed by atoms with van der Waals surface area (Å²) in [6, 6.07) is 0.639. The number of unbranched alkanes of at least 4 members (excludes halogenated alkanes) is 1. The molecule has 1 N–H and O–H groups in total. The molecule has 0 aromatic rings. The second-order valence-corrected chi connectivity index (χ2v) is 4.86. The highest BCUT2D eigenvalue weighted by Gasteiger charge is 1.96. The van der Waals surface area contributed by atoms with E-state index in [1.54, 1.807) is 0 Å². The Morgan fingerprint density at radius 2 is 1.71 bits per heavy atom. The first-order valence-electron chi connectivity index (χ1n) is 6.18. The Hall–Kier alpha value is 0.0249. The lowest BCUT2D eigenvalue weighted by Gasteiger charge is -2.07. The van der Waals surface area contributed by atoms with Crippen LogP contribution in [-0.2, 0) is 0 Å². The summed E-state index contributed by atoms with van der Waals surface area (Å²) in [5, 5.41) is 3.44. The van der Waals surface area contributed by atoms with Gasteiger partial charge in [0.15, 0.2) is 0 Å². The van der Waals surface area contributed by atoms with Gasteiger partial charge in [0.05, 0.1) is 0 Å². The van der Waals surface area contributed by atoms with Crippen LogP contribution in [0.25, 0.3) is 0 Å². The van der Waals surface area contributed by atoms with Crippen molar-refractivity contribution in [2.75, 3.05) is 6.54 Å². The van der Waals surface area contributed by atoms with Crippen LogP contribution in [0.4, 0.5) is 0 Å². The molecule has 0 aromatic heterocycles. The van der Waals surface area contributed by atoms with Crippen molar-refractivity contribution in [2.24, 2.45) is 5.92 Å². The molecule has 0 aromatic carbocycles. The van der Waals surface area contributed by atoms with Gasteiger partial charge in [-0.25, -0.2) is 0 Å². The van der Waals surface area contributed by atoms with E-state index in [1.807, 2.05) is 0 Å². The van der Waals surface area contributed by atoms with Crippen LogP contribution in [0, 0.1) is 5.92 Å². The molecule has 0 saturated heterocycles. The highest BCUT2D eigenvalue weighted by Crippen LogP contribution is 2.05. The Morgan fingerprint density at radius 3 is 2.29 bits per heavy atom. The first-order chi connectivity index (χ1) is 6.63. The lowest BCUT2D eigenvalue weighted by Crippen LogP contribution is -2.23. The van der Waals surface area contributed by atoms with Crippen LogP contribution in [0.2, 0.25) is 12.6 Å². The summed E-state index contributed by atoms with van der Waals surface area (Å²) in [6.45, 7) is 10.2. The first-order valence-corrected chi connectivity index (χ1v) is 6.18. The zero-order valence-electron chi connectivity index (χ0n) is 10.5. The van der Waals surface area contributed by atoms with E-state index in [1.165, 1.54) is 38.4 Å². The molecule has 0 unspecified atom stereocenters. The third-order valence-corrected chi connectivity index (χ3v) is 2.34. The minimum Gasteiger partial charge on any atom is -0.315 e. The fourth-order valence-electron chi connectivity index (χ4n) is 1.40. The van der Waals surface area contributed by atoms with Crippen LogP contribution in [-0.4, -0.2) is 19.9 Å². The minimum atomic E-state index is 0.639. The Bertz CT molecular complexity index is 98.9. The van der Waals surface area contributed by atoms with Crippen molar-refractivity contribution in [1.82, 2.24) is 5.32 Å². The maximum absolute atomic E-state index is 3.44. The lowest BCUT2D eigenvalue weighted by molar-refractivity contribution is 0.565. The molecular formula is C12H27BN. The van der Waals surface area contributed by atoms with E-state index in [-0.39, 0.29) is 0 Å². The monoisotopic (exact) mass is 196 g/mol. The maximum atomic E-state index is 3.44. The average molecular weight is 196 g/mol. The van der Waals surface area contributed by atoms with Gasteiger partial charge in [0, 0.05) is 6.04 Å². The van der Waals surface area contributed by atoms with Gasteiger partial charge in [0.1, 0.15) is 7.28 Å². The Balaban J connectivity index is 2.92. The summed E-state index contributed by atoms with van der Waals surface area (Å²) < 4.78 is 0. The van der Waals surface area contributed by atoms with Gasteiger partial charge in [-0.15, -0.1) is 0 Å². The molecule has 0 aliphatic heterocycles. The van der Waals surface area contributed by atoms with E-state index in [4.69, 9.17) is 0 Å². The predicted molar refractivity (Wildman–Crippen MR) is 67.2 cm³/mol. The van der Waals surface area contributed by atoms with E-state index in [2.05, 4.69) is 40.3 Å². The summed E-state index contributed by atoms with van der Waals surface area (Å²) in [5.41, 5.74) is 0. The third-order valence-electron chi connectivity index (χ3n) is 2.34. The number of hydrogen-bond acceptors (Lipinski definition) is 1. The van der Waals surface area contributed by atoms with Crippen molar-refractivity contribution < 1.29 is 0 Å². The Morgan fingerprint density at radius 1 is 1.00 bits per heavy atom. The van der Waals surface area contributed by atoms with Crippen LogP contribution in [0.15, 0.2) is 0 Å². The highest BCUT2D eigenvalue weighted by atomic mass is 14.9. The standard InChI is InChI=1S/C12H27BN/c1-11(2)7-9-13-8-5-6-10-14-12(3)4/h11-12,14H,5-10H2,1-4H3. The minimum absolute atomic E-state index is 0.639. The molecule has 0 amide bonds. The number of hydrogen-bond donors (Lipinski definition) is 1. The Kier molecular flexibility index (Phi) is 9.59. The Labute approximate surface area is 91.3 Å². The predicted octanol–water partition coefficient (Wildman–Crippen LogP) is 3.35. The molecule has 83 valence electrons. The van der Waals surface area contributed by atoms with Crippen molar-refractivity contribution in [3.05, 3.63) is 0 Å². The van der Waals surface area contributed by atoms with Crippen molar-refractivity contribution in [3.63, 3.8) is 0 Å². The van der Waals surface area contributed by atoms with Gasteiger partial charge in [0.25, 0.3) is 0 Å². The molecule has 0 aliphatic carbocycles. The maximum Gasteiger partial charge on any atom is 0.109 e. The quantitative estimate of drug-likeness (QED) is 0.440. The van der Waals surface area contributed by atoms with E-state index in [0.29, 0.717) is 6.04 Å². The summed E-state index contributed by atoms with van der Waals surface area (Å²) in [7, 11) is 2.45. The summed E-state index contributed by atoms with van der Waals surface area (Å²) in [5.74, 6) is 0.855. The molecule has 2 heteroatoms. The van der Waals surface area contributed by atoms with Crippen molar-refractivity contribution in [1.29, 1.82) is 0 Å². The second-order valence-electron chi connectivity index (χ2n) is 4.86. The van der Waals surface area contributed by atoms with Crippen molar-refractivity contribution >= 4 is 7.28 Å². The van der Waals surface area contributed by atoms with Gasteiger partial charge in [-0.2, -0.15) is 0 Å². The fraction of sp³-hybridized carbons (Fsp3) is 1.00. The number of nitrogens with one attached hydrogen (secondary N) is 1. The van der Waals surface area contributed by atoms with Crippen LogP contribution in [0.3, 0.4) is 0 Å². The van der Waals surface area contributed by atoms with Crippen LogP contribution in [0.1, 0.15) is 47.0 Å². The average Bonchev–Trinajstić information content (AvgIpc) is 2.08. The molecule has 0 atom stereocenters. The molecule has 0 saturated carbocycles. The van der Waals surface area contributed by atoms with E-state index in [0.717, 1.165) is 5.92 Å². The van der Waals surface area contributed by atoms with Gasteiger partial charge < -0.3 is 5.32 Å². The molecule has 0 rings (SSSR count). The molecule has 0 fully saturated rings. The second kappa shape index (κ2) is 9.58. The molecule has 0 bridgehead atoms. The van der Waals surface area contributed by atoms with Gasteiger partial charge >= 0.3 is 0 Å². The summed E-state index contributed by atoms with van der Waals surface area (Å²) >= 11 is 0. The molecule has 14 heavy (non-hydrogen) atoms. The van der Waals surface area contributed by atoms with Crippen molar-refractivity contribution in [2.45, 2.75) is 65.6 Å². The smallest absolute Gasteiger partial charge is 0.109 e. The molecule has 1 radical (unpaired) electrons. The zero-order chi connectivity index (χ0) is 10.8. The molecular weight excluding hydrogens is 169 g/mol. The first kappa shape index (κ1) is 14.0. The van der Waals surface area contributed by atoms with Crippen molar-refractivity contribution in [3.8, 4) is 0 Å². The third kappa shape index (κ3) is 12.0. The van der Waals surface area contributed by atoms with Crippen LogP contribution >= 0.6 is 0 Å². The summed E-state index contributed by atoms with van der Waals surface area (Å²) in [4.78, 5) is 0. The van der Waals surface area contributed by atoms with Gasteiger partial charge in [-0.05, 0) is 18.9 Å². The lowest BCUT2D eigenvalue weighted by atomic mass is 9.67. The van der Waals surface area contributed by atoms with E-state index < -0.39 is 0 Å². The van der Waals surface area contributed by atoms with Crippen LogP contribution < -0.4 is 5.32 Å². The van der Waals surface area contributed by atoms with E-state index >= 15 is 0 Å². The van der Waals surface area contributed by atoms with Gasteiger partial charge in [-0.1, -0.05) is 53.2 Å².